The minimum atomic E-state index is -3.66. The van der Waals surface area contributed by atoms with Crippen LogP contribution in [0.25, 0.3) is 0 Å². The van der Waals surface area contributed by atoms with E-state index in [1.165, 1.54) is 6.07 Å². The quantitative estimate of drug-likeness (QED) is 0.829. The summed E-state index contributed by atoms with van der Waals surface area (Å²) >= 11 is 3.31. The zero-order chi connectivity index (χ0) is 14.9. The molecule has 0 fully saturated rings. The summed E-state index contributed by atoms with van der Waals surface area (Å²) in [6.07, 6.45) is 0. The molecule has 2 aromatic carbocycles. The first-order chi connectivity index (χ1) is 9.29. The van der Waals surface area contributed by atoms with Gasteiger partial charge in [0.2, 0.25) is 0 Å². The maximum absolute atomic E-state index is 12.5. The molecule has 3 N–H and O–H groups in total. The van der Waals surface area contributed by atoms with Gasteiger partial charge in [-0.3, -0.25) is 4.72 Å². The van der Waals surface area contributed by atoms with Crippen molar-refractivity contribution in [1.82, 2.24) is 0 Å². The lowest BCUT2D eigenvalue weighted by atomic mass is 10.1. The van der Waals surface area contributed by atoms with Crippen LogP contribution in [0, 0.1) is 13.8 Å². The summed E-state index contributed by atoms with van der Waals surface area (Å²) in [5, 5.41) is 0. The molecule has 2 rings (SSSR count). The van der Waals surface area contributed by atoms with Crippen LogP contribution in [0.4, 0.5) is 11.4 Å². The van der Waals surface area contributed by atoms with Crippen LogP contribution in [0.2, 0.25) is 0 Å². The smallest absolute Gasteiger partial charge is 0.262 e. The number of aryl methyl sites for hydroxylation is 1. The molecule has 0 spiro atoms. The van der Waals surface area contributed by atoms with Crippen LogP contribution in [0.1, 0.15) is 11.1 Å². The molecule has 106 valence electrons. The number of hydrogen-bond acceptors (Lipinski definition) is 3. The normalized spacial score (nSPS) is 11.3. The van der Waals surface area contributed by atoms with E-state index in [9.17, 15) is 8.42 Å². The molecule has 0 saturated heterocycles. The van der Waals surface area contributed by atoms with E-state index in [0.29, 0.717) is 16.9 Å². The number of sulfonamides is 1. The lowest BCUT2D eigenvalue weighted by Crippen LogP contribution is -2.15. The fraction of sp³-hybridized carbons (Fsp3) is 0.143. The van der Waals surface area contributed by atoms with Crippen LogP contribution >= 0.6 is 15.9 Å². The first-order valence-electron chi connectivity index (χ1n) is 5.95. The summed E-state index contributed by atoms with van der Waals surface area (Å²) < 4.78 is 28.3. The maximum Gasteiger partial charge on any atom is 0.262 e. The van der Waals surface area contributed by atoms with Crippen molar-refractivity contribution in [2.45, 2.75) is 18.7 Å². The van der Waals surface area contributed by atoms with Crippen LogP contribution in [-0.4, -0.2) is 8.42 Å². The zero-order valence-electron chi connectivity index (χ0n) is 11.1. The summed E-state index contributed by atoms with van der Waals surface area (Å²) in [6, 6.07) is 10.2. The molecular formula is C14H15BrN2O2S. The van der Waals surface area contributed by atoms with Crippen LogP contribution in [0.15, 0.2) is 45.8 Å². The van der Waals surface area contributed by atoms with Crippen LogP contribution in [0.5, 0.6) is 0 Å². The zero-order valence-corrected chi connectivity index (χ0v) is 13.5. The fourth-order valence-corrected chi connectivity index (χ4v) is 3.70. The molecule has 2 aromatic rings. The third-order valence-electron chi connectivity index (χ3n) is 3.01. The molecule has 0 bridgehead atoms. The van der Waals surface area contributed by atoms with Gasteiger partial charge in [0.1, 0.15) is 0 Å². The SMILES string of the molecule is Cc1cc(N)cc(S(=O)(=O)Nc2cccc(Br)c2)c1C. The van der Waals surface area contributed by atoms with Crippen LogP contribution < -0.4 is 10.5 Å². The third kappa shape index (κ3) is 3.13. The van der Waals surface area contributed by atoms with Crippen molar-refractivity contribution < 1.29 is 8.42 Å². The van der Waals surface area contributed by atoms with Crippen LogP contribution in [-0.2, 0) is 10.0 Å². The number of benzene rings is 2. The fourth-order valence-electron chi connectivity index (χ4n) is 1.90. The number of halogens is 1. The highest BCUT2D eigenvalue weighted by atomic mass is 79.9. The second kappa shape index (κ2) is 5.46. The average Bonchev–Trinajstić information content (AvgIpc) is 2.33. The Morgan fingerprint density at radius 3 is 2.50 bits per heavy atom. The molecule has 0 amide bonds. The Labute approximate surface area is 127 Å². The highest BCUT2D eigenvalue weighted by molar-refractivity contribution is 9.10. The number of nitrogens with two attached hydrogens (primary N) is 1. The molecule has 0 aliphatic rings. The predicted octanol–water partition coefficient (Wildman–Crippen LogP) is 3.45. The van der Waals surface area contributed by atoms with Crippen molar-refractivity contribution in [3.63, 3.8) is 0 Å². The predicted molar refractivity (Wildman–Crippen MR) is 85.3 cm³/mol. The Bertz CT molecular complexity index is 758. The lowest BCUT2D eigenvalue weighted by molar-refractivity contribution is 0.600. The summed E-state index contributed by atoms with van der Waals surface area (Å²) in [5.74, 6) is 0. The largest absolute Gasteiger partial charge is 0.399 e. The van der Waals surface area contributed by atoms with Gasteiger partial charge in [0.05, 0.1) is 4.90 Å². The van der Waals surface area contributed by atoms with Gasteiger partial charge in [0, 0.05) is 15.8 Å². The molecule has 0 heterocycles. The van der Waals surface area contributed by atoms with Gasteiger partial charge in [-0.1, -0.05) is 22.0 Å². The second-order valence-corrected chi connectivity index (χ2v) is 7.14. The van der Waals surface area contributed by atoms with Crippen molar-refractivity contribution in [2.75, 3.05) is 10.5 Å². The second-order valence-electron chi connectivity index (χ2n) is 4.58. The van der Waals surface area contributed by atoms with E-state index in [2.05, 4.69) is 20.7 Å². The van der Waals surface area contributed by atoms with Crippen molar-refractivity contribution in [1.29, 1.82) is 0 Å². The standard InChI is InChI=1S/C14H15BrN2O2S/c1-9-6-12(16)8-14(10(9)2)20(18,19)17-13-5-3-4-11(15)7-13/h3-8,17H,16H2,1-2H3. The van der Waals surface area contributed by atoms with Gasteiger partial charge in [-0.25, -0.2) is 8.42 Å². The summed E-state index contributed by atoms with van der Waals surface area (Å²) in [4.78, 5) is 0.204. The molecule has 0 atom stereocenters. The lowest BCUT2D eigenvalue weighted by Gasteiger charge is -2.13. The number of nitrogen functional groups attached to an aromatic ring is 1. The van der Waals surface area contributed by atoms with E-state index in [1.54, 1.807) is 31.2 Å². The Morgan fingerprint density at radius 1 is 1.15 bits per heavy atom. The molecule has 0 aliphatic heterocycles. The molecule has 4 nitrogen and oxygen atoms in total. The van der Waals surface area contributed by atoms with Gasteiger partial charge in [-0.2, -0.15) is 0 Å². The first kappa shape index (κ1) is 14.9. The summed E-state index contributed by atoms with van der Waals surface area (Å²) in [7, 11) is -3.66. The summed E-state index contributed by atoms with van der Waals surface area (Å²) in [5.41, 5.74) is 8.22. The van der Waals surface area contributed by atoms with Gasteiger partial charge in [-0.15, -0.1) is 0 Å². The molecule has 20 heavy (non-hydrogen) atoms. The molecule has 0 radical (unpaired) electrons. The molecular weight excluding hydrogens is 340 g/mol. The third-order valence-corrected chi connectivity index (χ3v) is 5.01. The van der Waals surface area contributed by atoms with Crippen molar-refractivity contribution in [3.05, 3.63) is 52.0 Å². The molecule has 0 saturated carbocycles. The Hall–Kier alpha value is -1.53. The highest BCUT2D eigenvalue weighted by Gasteiger charge is 2.18. The van der Waals surface area contributed by atoms with Crippen molar-refractivity contribution in [3.8, 4) is 0 Å². The molecule has 6 heteroatoms. The van der Waals surface area contributed by atoms with Crippen LogP contribution in [0.3, 0.4) is 0 Å². The average molecular weight is 355 g/mol. The minimum Gasteiger partial charge on any atom is -0.399 e. The minimum absolute atomic E-state index is 0.204. The van der Waals surface area contributed by atoms with E-state index in [0.717, 1.165) is 10.0 Å². The van der Waals surface area contributed by atoms with Gasteiger partial charge in [0.25, 0.3) is 10.0 Å². The van der Waals surface area contributed by atoms with E-state index >= 15 is 0 Å². The molecule has 0 unspecified atom stereocenters. The Morgan fingerprint density at radius 2 is 1.85 bits per heavy atom. The van der Waals surface area contributed by atoms with Crippen molar-refractivity contribution in [2.24, 2.45) is 0 Å². The van der Waals surface area contributed by atoms with E-state index in [-0.39, 0.29) is 4.90 Å². The van der Waals surface area contributed by atoms with Gasteiger partial charge in [0.15, 0.2) is 0 Å². The Kier molecular flexibility index (Phi) is 4.06. The maximum atomic E-state index is 12.5. The van der Waals surface area contributed by atoms with Gasteiger partial charge >= 0.3 is 0 Å². The van der Waals surface area contributed by atoms with E-state index in [4.69, 9.17) is 5.73 Å². The molecule has 0 aromatic heterocycles. The van der Waals surface area contributed by atoms with Crippen molar-refractivity contribution >= 4 is 37.3 Å². The van der Waals surface area contributed by atoms with E-state index < -0.39 is 10.0 Å². The van der Waals surface area contributed by atoms with Gasteiger partial charge in [-0.05, 0) is 55.3 Å². The molecule has 0 aliphatic carbocycles. The number of hydrogen-bond donors (Lipinski definition) is 2. The monoisotopic (exact) mass is 354 g/mol. The summed E-state index contributed by atoms with van der Waals surface area (Å²) in [6.45, 7) is 3.61. The number of nitrogens with one attached hydrogen (secondary N) is 1. The van der Waals surface area contributed by atoms with E-state index in [1.807, 2.05) is 13.0 Å². The topological polar surface area (TPSA) is 72.2 Å². The highest BCUT2D eigenvalue weighted by Crippen LogP contribution is 2.25. The van der Waals surface area contributed by atoms with Gasteiger partial charge < -0.3 is 5.73 Å². The number of anilines is 2. The Balaban J connectivity index is 2.46. The number of rotatable bonds is 3. The first-order valence-corrected chi connectivity index (χ1v) is 8.22.